The van der Waals surface area contributed by atoms with E-state index in [-0.39, 0.29) is 28.6 Å². The average molecular weight is 1270 g/mol. The van der Waals surface area contributed by atoms with E-state index >= 15 is 0 Å². The van der Waals surface area contributed by atoms with Crippen molar-refractivity contribution in [3.05, 3.63) is 103 Å². The number of anilines is 2. The van der Waals surface area contributed by atoms with Crippen LogP contribution in [0.5, 0.6) is 17.2 Å². The standard InChI is InChI=1S/C45H35N11O22S6/c1-19(57)48-23-4-6-24(7-5-23)49-55-40-36(83(73,74)75)17-27-25(43(40)59)8-11-30(45(27)84(76,77)78)52-54-39-34(81(67,68)69)14-22-15-35(82(70,71)72)41(44(60)37(22)38(39)47)56-53-31-16-26-21(13-33(31)80(64,65)66)3-10-29(42(26)58)51-50-28-9-2-20(18-46)12-32(28)79(61,62)63/h2-17,58-60H,18,46-47H2,1H3,(H,48,57)(H,61,62,63)(H,64,65,66)(H,67,68,69)(H,70,71,72)(H,73,74,75)(H,76,77,78). The summed E-state index contributed by atoms with van der Waals surface area (Å²) in [7, 11) is -32.7. The molecule has 1 amide bonds. The first-order chi connectivity index (χ1) is 38.9. The van der Waals surface area contributed by atoms with Gasteiger partial charge >= 0.3 is 0 Å². The number of benzene rings is 8. The second-order valence-corrected chi connectivity index (χ2v) is 25.6. The second kappa shape index (κ2) is 22.0. The number of phenols is 3. The number of azo groups is 4. The smallest absolute Gasteiger partial charge is 0.297 e. The Morgan fingerprint density at radius 2 is 0.917 bits per heavy atom. The molecule has 0 aliphatic rings. The molecule has 33 nitrogen and oxygen atoms in total. The minimum Gasteiger partial charge on any atom is -0.505 e. The Morgan fingerprint density at radius 1 is 0.440 bits per heavy atom. The minimum atomic E-state index is -5.69. The molecule has 0 bridgehead atoms. The maximum atomic E-state index is 13.1. The van der Waals surface area contributed by atoms with Crippen molar-refractivity contribution in [1.29, 1.82) is 0 Å². The van der Waals surface area contributed by atoms with Crippen molar-refractivity contribution in [2.45, 2.75) is 42.8 Å². The number of hydrogen-bond acceptors (Lipinski definition) is 26. The van der Waals surface area contributed by atoms with Crippen LogP contribution in [0.15, 0.2) is 167 Å². The fraction of sp³-hybridized carbons (Fsp3) is 0.0444. The quantitative estimate of drug-likeness (QED) is 0.0245. The summed E-state index contributed by atoms with van der Waals surface area (Å²) in [4.78, 5) is 4.05. The summed E-state index contributed by atoms with van der Waals surface area (Å²) in [5.41, 5.74) is 4.95. The van der Waals surface area contributed by atoms with Crippen molar-refractivity contribution in [1.82, 2.24) is 0 Å². The summed E-state index contributed by atoms with van der Waals surface area (Å²) in [5.74, 6) is -3.88. The average Bonchev–Trinajstić information content (AvgIpc) is 1.79. The number of rotatable bonds is 16. The van der Waals surface area contributed by atoms with Gasteiger partial charge in [0.2, 0.25) is 5.91 Å². The third-order valence-electron chi connectivity index (χ3n) is 11.7. The van der Waals surface area contributed by atoms with Gasteiger partial charge in [0.25, 0.3) is 60.7 Å². The third kappa shape index (κ3) is 12.5. The molecule has 0 heterocycles. The molecule has 0 aromatic heterocycles. The van der Waals surface area contributed by atoms with Crippen LogP contribution >= 0.6 is 0 Å². The van der Waals surface area contributed by atoms with Gasteiger partial charge in [0.1, 0.15) is 69.2 Å². The molecule has 0 atom stereocenters. The van der Waals surface area contributed by atoms with E-state index in [2.05, 4.69) is 46.2 Å². The van der Waals surface area contributed by atoms with Crippen LogP contribution in [-0.2, 0) is 72.0 Å². The molecular weight excluding hydrogens is 1240 g/mol. The molecule has 8 aromatic carbocycles. The molecule has 0 unspecified atom stereocenters. The number of nitrogens with two attached hydrogens (primary N) is 2. The Balaban J connectivity index is 1.28. The molecule has 438 valence electrons. The van der Waals surface area contributed by atoms with Gasteiger partial charge in [0.05, 0.1) is 16.8 Å². The highest BCUT2D eigenvalue weighted by Crippen LogP contribution is 2.51. The molecule has 0 aliphatic carbocycles. The topological polar surface area (TPSA) is 567 Å². The van der Waals surface area contributed by atoms with Crippen LogP contribution < -0.4 is 16.8 Å². The van der Waals surface area contributed by atoms with Gasteiger partial charge in [-0.2, -0.15) is 55.6 Å². The van der Waals surface area contributed by atoms with Crippen LogP contribution in [0.4, 0.5) is 56.9 Å². The van der Waals surface area contributed by atoms with Crippen molar-refractivity contribution in [2.24, 2.45) is 46.6 Å². The lowest BCUT2D eigenvalue weighted by Crippen LogP contribution is -2.04. The SMILES string of the molecule is CC(=O)Nc1ccc(N=Nc2c(S(=O)(=O)O)cc3c(S(=O)(=O)O)c(N=Nc4c(S(=O)(=O)O)cc5cc(S(=O)(=O)O)c(N=Nc6cc7c(O)c(N=Nc8ccc(CN)cc8S(=O)(=O)O)ccc7cc6S(=O)(=O)O)c(O)c5c4N)ccc3c2O)cc1. The van der Waals surface area contributed by atoms with Crippen LogP contribution in [0, 0.1) is 0 Å². The lowest BCUT2D eigenvalue weighted by Gasteiger charge is -2.14. The van der Waals surface area contributed by atoms with E-state index in [4.69, 9.17) is 11.5 Å². The normalized spacial score (nSPS) is 13.2. The molecule has 0 fully saturated rings. The van der Waals surface area contributed by atoms with Gasteiger partial charge in [-0.05, 0) is 101 Å². The van der Waals surface area contributed by atoms with E-state index in [0.717, 1.165) is 42.5 Å². The summed E-state index contributed by atoms with van der Waals surface area (Å²) in [6.45, 7) is 1.10. The number of nitrogens with zero attached hydrogens (tertiary/aromatic N) is 8. The lowest BCUT2D eigenvalue weighted by atomic mass is 10.0. The molecule has 8 rings (SSSR count). The van der Waals surface area contributed by atoms with Crippen molar-refractivity contribution < 1.29 is 97.9 Å². The number of carbonyl (C=O) groups excluding carboxylic acids is 1. The molecule has 14 N–H and O–H groups in total. The number of amides is 1. The van der Waals surface area contributed by atoms with Gasteiger partial charge in [-0.25, -0.2) is 0 Å². The van der Waals surface area contributed by atoms with Crippen molar-refractivity contribution in [2.75, 3.05) is 11.1 Å². The van der Waals surface area contributed by atoms with Crippen molar-refractivity contribution in [3.63, 3.8) is 0 Å². The summed E-state index contributed by atoms with van der Waals surface area (Å²) in [6, 6.07) is 15.2. The number of fused-ring (bicyclic) bond motifs is 3. The number of aromatic hydroxyl groups is 3. The highest BCUT2D eigenvalue weighted by atomic mass is 32.2. The van der Waals surface area contributed by atoms with Crippen molar-refractivity contribution >= 4 is 156 Å². The molecular formula is C45H35N11O22S6. The predicted molar refractivity (Wildman–Crippen MR) is 292 cm³/mol. The first kappa shape index (κ1) is 61.1. The molecule has 39 heteroatoms. The highest BCUT2D eigenvalue weighted by molar-refractivity contribution is 7.87. The summed E-state index contributed by atoms with van der Waals surface area (Å²) in [6.07, 6.45) is 0. The van der Waals surface area contributed by atoms with Crippen molar-refractivity contribution in [3.8, 4) is 17.2 Å². The summed E-state index contributed by atoms with van der Waals surface area (Å²) >= 11 is 0. The lowest BCUT2D eigenvalue weighted by molar-refractivity contribution is -0.114. The summed E-state index contributed by atoms with van der Waals surface area (Å²) < 4.78 is 214. The summed E-state index contributed by atoms with van der Waals surface area (Å²) in [5, 5.41) is 62.7. The van der Waals surface area contributed by atoms with Gasteiger partial charge in [-0.3, -0.25) is 32.1 Å². The number of phenolic OH excluding ortho intramolecular Hbond substituents is 3. The maximum absolute atomic E-state index is 13.1. The van der Waals surface area contributed by atoms with Crippen LogP contribution in [0.25, 0.3) is 32.3 Å². The van der Waals surface area contributed by atoms with E-state index in [0.29, 0.717) is 30.0 Å². The minimum absolute atomic E-state index is 0.00436. The van der Waals surface area contributed by atoms with Gasteiger partial charge in [-0.15, -0.1) is 35.8 Å². The van der Waals surface area contributed by atoms with Crippen LogP contribution in [0.2, 0.25) is 0 Å². The first-order valence-corrected chi connectivity index (χ1v) is 31.0. The van der Waals surface area contributed by atoms with E-state index in [1.807, 2.05) is 0 Å². The Labute approximate surface area is 471 Å². The number of carbonyl (C=O) groups is 1. The molecule has 84 heavy (non-hydrogen) atoms. The van der Waals surface area contributed by atoms with E-state index in [1.54, 1.807) is 0 Å². The van der Waals surface area contributed by atoms with Gasteiger partial charge in [-0.1, -0.05) is 12.1 Å². The van der Waals surface area contributed by atoms with Crippen LogP contribution in [0.1, 0.15) is 12.5 Å². The Kier molecular flexibility index (Phi) is 16.0. The third-order valence-corrected chi connectivity index (χ3v) is 17.0. The number of nitrogen functional groups attached to an aromatic ring is 1. The van der Waals surface area contributed by atoms with E-state index in [1.165, 1.54) is 37.3 Å². The van der Waals surface area contributed by atoms with E-state index < -0.39 is 180 Å². The molecule has 0 spiro atoms. The zero-order valence-electron chi connectivity index (χ0n) is 41.5. The number of hydrogen-bond donors (Lipinski definition) is 12. The molecule has 8 aromatic rings. The Bertz CT molecular complexity index is 5050. The predicted octanol–water partition coefficient (Wildman–Crippen LogP) is 8.40. The van der Waals surface area contributed by atoms with Gasteiger partial charge in [0.15, 0.2) is 17.2 Å². The van der Waals surface area contributed by atoms with E-state index in [9.17, 15) is 97.9 Å². The fourth-order valence-electron chi connectivity index (χ4n) is 8.02. The number of nitrogens with one attached hydrogen (secondary N) is 1. The molecule has 0 saturated carbocycles. The van der Waals surface area contributed by atoms with Crippen LogP contribution in [0.3, 0.4) is 0 Å². The monoisotopic (exact) mass is 1270 g/mol. The van der Waals surface area contributed by atoms with Gasteiger partial charge in [0, 0.05) is 35.3 Å². The van der Waals surface area contributed by atoms with Crippen LogP contribution in [-0.4, -0.2) is 99.1 Å². The zero-order valence-corrected chi connectivity index (χ0v) is 46.4. The highest BCUT2D eigenvalue weighted by Gasteiger charge is 2.31. The molecule has 0 aliphatic heterocycles. The fourth-order valence-corrected chi connectivity index (χ4v) is 12.1. The Hall–Kier alpha value is -8.97. The molecule has 0 saturated heterocycles. The van der Waals surface area contributed by atoms with Gasteiger partial charge < -0.3 is 32.1 Å². The maximum Gasteiger partial charge on any atom is 0.297 e. The second-order valence-electron chi connectivity index (χ2n) is 17.2. The molecule has 0 radical (unpaired) electrons. The first-order valence-electron chi connectivity index (χ1n) is 22.4. The largest absolute Gasteiger partial charge is 0.505 e. The zero-order chi connectivity index (χ0) is 62.0. The Morgan fingerprint density at radius 3 is 1.49 bits per heavy atom.